The van der Waals surface area contributed by atoms with Crippen molar-refractivity contribution >= 4 is 11.1 Å². The summed E-state index contributed by atoms with van der Waals surface area (Å²) in [7, 11) is 0. The number of rotatable bonds is 0. The summed E-state index contributed by atoms with van der Waals surface area (Å²) in [6.45, 7) is 10.6. The van der Waals surface area contributed by atoms with E-state index in [1.165, 1.54) is 11.1 Å². The molecule has 0 aromatic carbocycles. The second-order valence-electron chi connectivity index (χ2n) is 5.11. The molecule has 2 nitrogen and oxygen atoms in total. The minimum atomic E-state index is 0.138. The Labute approximate surface area is 90.3 Å². The molecule has 0 radical (unpaired) electrons. The molecule has 0 aliphatic heterocycles. The van der Waals surface area contributed by atoms with Crippen LogP contribution in [0, 0.1) is 13.8 Å². The molecular weight excluding hydrogens is 186 g/mol. The van der Waals surface area contributed by atoms with Crippen molar-refractivity contribution in [3.63, 3.8) is 0 Å². The summed E-state index contributed by atoms with van der Waals surface area (Å²) in [6.07, 6.45) is 1.91. The first-order valence-corrected chi connectivity index (χ1v) is 5.26. The minimum absolute atomic E-state index is 0.138. The fourth-order valence-corrected chi connectivity index (χ4v) is 1.62. The lowest BCUT2D eigenvalue weighted by Crippen LogP contribution is -2.11. The van der Waals surface area contributed by atoms with E-state index in [1.54, 1.807) is 0 Å². The molecule has 0 atom stereocenters. The number of furan rings is 1. The van der Waals surface area contributed by atoms with Crippen LogP contribution in [-0.4, -0.2) is 4.98 Å². The molecule has 0 saturated carbocycles. The Morgan fingerprint density at radius 1 is 1.20 bits per heavy atom. The third-order valence-electron chi connectivity index (χ3n) is 2.90. The highest BCUT2D eigenvalue weighted by atomic mass is 16.3. The molecule has 0 spiro atoms. The number of aryl methyl sites for hydroxylation is 2. The highest BCUT2D eigenvalue weighted by Crippen LogP contribution is 2.28. The third kappa shape index (κ3) is 1.65. The van der Waals surface area contributed by atoms with Crippen molar-refractivity contribution in [3.8, 4) is 0 Å². The fraction of sp³-hybridized carbons (Fsp3) is 0.462. The van der Waals surface area contributed by atoms with E-state index in [0.29, 0.717) is 0 Å². The van der Waals surface area contributed by atoms with Gasteiger partial charge in [0.05, 0.1) is 0 Å². The molecule has 0 aliphatic rings. The summed E-state index contributed by atoms with van der Waals surface area (Å²) >= 11 is 0. The van der Waals surface area contributed by atoms with Gasteiger partial charge in [0.1, 0.15) is 5.76 Å². The van der Waals surface area contributed by atoms with Crippen molar-refractivity contribution in [1.82, 2.24) is 4.98 Å². The number of hydrogen-bond donors (Lipinski definition) is 0. The number of pyridine rings is 1. The Hall–Kier alpha value is -1.31. The van der Waals surface area contributed by atoms with E-state index in [4.69, 9.17) is 4.42 Å². The lowest BCUT2D eigenvalue weighted by molar-refractivity contribution is 0.560. The minimum Gasteiger partial charge on any atom is -0.443 e. The number of hydrogen-bond acceptors (Lipinski definition) is 2. The van der Waals surface area contributed by atoms with Gasteiger partial charge in [-0.25, -0.2) is 4.98 Å². The number of fused-ring (bicyclic) bond motifs is 1. The molecule has 0 saturated heterocycles. The molecule has 2 heteroatoms. The Morgan fingerprint density at radius 2 is 1.87 bits per heavy atom. The lowest BCUT2D eigenvalue weighted by Gasteiger charge is -2.18. The van der Waals surface area contributed by atoms with Crippen LogP contribution in [0.4, 0.5) is 0 Å². The average Bonchev–Trinajstić information content (AvgIpc) is 2.41. The first-order chi connectivity index (χ1) is 6.89. The maximum Gasteiger partial charge on any atom is 0.226 e. The van der Waals surface area contributed by atoms with E-state index in [2.05, 4.69) is 38.7 Å². The molecule has 2 aromatic rings. The smallest absolute Gasteiger partial charge is 0.226 e. The molecule has 2 heterocycles. The second kappa shape index (κ2) is 3.09. The largest absolute Gasteiger partial charge is 0.443 e. The molecule has 0 amide bonds. The molecular formula is C13H17NO. The second-order valence-corrected chi connectivity index (χ2v) is 5.11. The van der Waals surface area contributed by atoms with Crippen LogP contribution in [0.15, 0.2) is 16.7 Å². The van der Waals surface area contributed by atoms with Gasteiger partial charge >= 0.3 is 0 Å². The van der Waals surface area contributed by atoms with Crippen LogP contribution in [0.3, 0.4) is 0 Å². The van der Waals surface area contributed by atoms with E-state index in [0.717, 1.165) is 16.9 Å². The summed E-state index contributed by atoms with van der Waals surface area (Å²) < 4.78 is 5.56. The van der Waals surface area contributed by atoms with Gasteiger partial charge in [0.15, 0.2) is 0 Å². The van der Waals surface area contributed by atoms with Crippen LogP contribution in [0.25, 0.3) is 11.1 Å². The van der Waals surface area contributed by atoms with Gasteiger partial charge in [-0.3, -0.25) is 0 Å². The maximum absolute atomic E-state index is 5.56. The normalized spacial score (nSPS) is 12.3. The van der Waals surface area contributed by atoms with Crippen molar-refractivity contribution < 1.29 is 4.42 Å². The van der Waals surface area contributed by atoms with Crippen molar-refractivity contribution in [2.24, 2.45) is 0 Å². The van der Waals surface area contributed by atoms with Gasteiger partial charge in [0.25, 0.3) is 0 Å². The zero-order valence-corrected chi connectivity index (χ0v) is 10.0. The van der Waals surface area contributed by atoms with Crippen molar-refractivity contribution in [1.29, 1.82) is 0 Å². The summed E-state index contributed by atoms with van der Waals surface area (Å²) in [6, 6.07) is 2.19. The predicted octanol–water partition coefficient (Wildman–Crippen LogP) is 3.74. The van der Waals surface area contributed by atoms with E-state index < -0.39 is 0 Å². The Kier molecular flexibility index (Phi) is 2.10. The number of aromatic nitrogens is 1. The first kappa shape index (κ1) is 10.2. The van der Waals surface area contributed by atoms with Gasteiger partial charge in [-0.2, -0.15) is 0 Å². The standard InChI is InChI=1S/C13H17NO/c1-8-9(2)15-12-11(8)6-10(7-14-12)13(3,4)5/h6-7H,1-5H3. The number of nitrogens with zero attached hydrogens (tertiary/aromatic N) is 1. The van der Waals surface area contributed by atoms with Gasteiger partial charge in [0.2, 0.25) is 5.71 Å². The average molecular weight is 203 g/mol. The van der Waals surface area contributed by atoms with E-state index >= 15 is 0 Å². The molecule has 0 unspecified atom stereocenters. The van der Waals surface area contributed by atoms with Crippen LogP contribution in [0.2, 0.25) is 0 Å². The highest BCUT2D eigenvalue weighted by Gasteiger charge is 2.16. The lowest BCUT2D eigenvalue weighted by atomic mass is 9.88. The van der Waals surface area contributed by atoms with Gasteiger partial charge in [-0.15, -0.1) is 0 Å². The van der Waals surface area contributed by atoms with Crippen molar-refractivity contribution in [3.05, 3.63) is 29.2 Å². The third-order valence-corrected chi connectivity index (χ3v) is 2.90. The molecule has 2 aromatic heterocycles. The molecule has 0 aliphatic carbocycles. The Morgan fingerprint density at radius 3 is 2.47 bits per heavy atom. The van der Waals surface area contributed by atoms with Gasteiger partial charge in [0, 0.05) is 11.6 Å². The maximum atomic E-state index is 5.56. The predicted molar refractivity (Wildman–Crippen MR) is 62.2 cm³/mol. The molecule has 0 bridgehead atoms. The summed E-state index contributed by atoms with van der Waals surface area (Å²) in [5.74, 6) is 0.962. The SMILES string of the molecule is Cc1oc2ncc(C(C)(C)C)cc2c1C. The van der Waals surface area contributed by atoms with Gasteiger partial charge in [-0.1, -0.05) is 20.8 Å². The Balaban J connectivity index is 2.70. The van der Waals surface area contributed by atoms with Crippen LogP contribution in [0.5, 0.6) is 0 Å². The quantitative estimate of drug-likeness (QED) is 0.651. The molecule has 80 valence electrons. The van der Waals surface area contributed by atoms with E-state index in [-0.39, 0.29) is 5.41 Å². The summed E-state index contributed by atoms with van der Waals surface area (Å²) in [4.78, 5) is 4.36. The van der Waals surface area contributed by atoms with E-state index in [1.807, 2.05) is 13.1 Å². The zero-order chi connectivity index (χ0) is 11.2. The highest BCUT2D eigenvalue weighted by molar-refractivity contribution is 5.79. The van der Waals surface area contributed by atoms with Crippen molar-refractivity contribution in [2.45, 2.75) is 40.0 Å². The molecule has 0 N–H and O–H groups in total. The molecule has 2 rings (SSSR count). The molecule has 0 fully saturated rings. The molecule has 15 heavy (non-hydrogen) atoms. The Bertz CT molecular complexity index is 503. The summed E-state index contributed by atoms with van der Waals surface area (Å²) in [5, 5.41) is 1.14. The van der Waals surface area contributed by atoms with Crippen LogP contribution in [0.1, 0.15) is 37.7 Å². The van der Waals surface area contributed by atoms with Gasteiger partial charge in [-0.05, 0) is 36.5 Å². The zero-order valence-electron chi connectivity index (χ0n) is 10.0. The van der Waals surface area contributed by atoms with Crippen LogP contribution < -0.4 is 0 Å². The van der Waals surface area contributed by atoms with Crippen LogP contribution >= 0.6 is 0 Å². The first-order valence-electron chi connectivity index (χ1n) is 5.26. The van der Waals surface area contributed by atoms with Crippen LogP contribution in [-0.2, 0) is 5.41 Å². The van der Waals surface area contributed by atoms with E-state index in [9.17, 15) is 0 Å². The van der Waals surface area contributed by atoms with Gasteiger partial charge < -0.3 is 4.42 Å². The summed E-state index contributed by atoms with van der Waals surface area (Å²) in [5.41, 5.74) is 3.33. The van der Waals surface area contributed by atoms with Crippen molar-refractivity contribution in [2.75, 3.05) is 0 Å². The monoisotopic (exact) mass is 203 g/mol. The fourth-order valence-electron chi connectivity index (χ4n) is 1.62. The topological polar surface area (TPSA) is 26.0 Å².